The van der Waals surface area contributed by atoms with Crippen LogP contribution in [0.15, 0.2) is 109 Å². The minimum atomic E-state index is 0.762. The van der Waals surface area contributed by atoms with Gasteiger partial charge in [-0.1, -0.05) is 103 Å². The van der Waals surface area contributed by atoms with Gasteiger partial charge in [0, 0.05) is 26.6 Å². The molecule has 0 unspecified atom stereocenters. The fourth-order valence-corrected chi connectivity index (χ4v) is 5.08. The van der Waals surface area contributed by atoms with E-state index in [9.17, 15) is 0 Å². The molecule has 0 saturated heterocycles. The van der Waals surface area contributed by atoms with Gasteiger partial charge in [-0.15, -0.1) is 11.3 Å². The van der Waals surface area contributed by atoms with Crippen LogP contribution in [0.25, 0.3) is 54.1 Å². The van der Waals surface area contributed by atoms with Gasteiger partial charge in [0.2, 0.25) is 0 Å². The molecule has 0 atom stereocenters. The van der Waals surface area contributed by atoms with Crippen molar-refractivity contribution in [1.82, 2.24) is 9.97 Å². The molecule has 0 aliphatic carbocycles. The molecule has 146 valence electrons. The predicted molar refractivity (Wildman–Crippen MR) is 131 cm³/mol. The summed E-state index contributed by atoms with van der Waals surface area (Å²) < 4.78 is 1.24. The Morgan fingerprint density at radius 3 is 1.81 bits per heavy atom. The maximum absolute atomic E-state index is 5.06. The molecule has 0 aliphatic rings. The summed E-state index contributed by atoms with van der Waals surface area (Å²) in [5, 5.41) is 2.35. The zero-order valence-corrected chi connectivity index (χ0v) is 17.5. The number of benzene rings is 4. The Balaban J connectivity index is 1.55. The van der Waals surface area contributed by atoms with Gasteiger partial charge in [0.15, 0.2) is 5.82 Å². The quantitative estimate of drug-likeness (QED) is 0.295. The lowest BCUT2D eigenvalue weighted by atomic mass is 10.0. The minimum Gasteiger partial charge on any atom is -0.227 e. The summed E-state index contributed by atoms with van der Waals surface area (Å²) in [7, 11) is 0. The molecule has 0 spiro atoms. The summed E-state index contributed by atoms with van der Waals surface area (Å²) >= 11 is 1.73. The second-order valence-corrected chi connectivity index (χ2v) is 8.51. The van der Waals surface area contributed by atoms with Crippen LogP contribution in [0.3, 0.4) is 0 Å². The summed E-state index contributed by atoms with van der Waals surface area (Å²) in [5.74, 6) is 0.762. The average Bonchev–Trinajstić information content (AvgIpc) is 3.23. The number of rotatable bonds is 3. The fraction of sp³-hybridized carbons (Fsp3) is 0. The molecule has 6 rings (SSSR count). The summed E-state index contributed by atoms with van der Waals surface area (Å²) in [6, 6.07) is 37.8. The van der Waals surface area contributed by atoms with Gasteiger partial charge in [0.25, 0.3) is 0 Å². The monoisotopic (exact) mass is 414 g/mol. The molecule has 0 amide bonds. The number of hydrogen-bond donors (Lipinski definition) is 0. The minimum absolute atomic E-state index is 0.762. The third-order valence-corrected chi connectivity index (χ3v) is 6.60. The van der Waals surface area contributed by atoms with Gasteiger partial charge in [0.1, 0.15) is 4.83 Å². The molecule has 0 aliphatic heterocycles. The molecule has 0 bridgehead atoms. The Bertz CT molecular complexity index is 1500. The van der Waals surface area contributed by atoms with Crippen LogP contribution in [0.2, 0.25) is 0 Å². The number of thiophene rings is 1. The first kappa shape index (κ1) is 18.0. The molecule has 0 fully saturated rings. The Morgan fingerprint density at radius 2 is 1.06 bits per heavy atom. The number of hydrogen-bond acceptors (Lipinski definition) is 3. The van der Waals surface area contributed by atoms with E-state index in [1.807, 2.05) is 12.1 Å². The highest BCUT2D eigenvalue weighted by Crippen LogP contribution is 2.39. The van der Waals surface area contributed by atoms with E-state index in [4.69, 9.17) is 9.97 Å². The predicted octanol–water partition coefficient (Wildman–Crippen LogP) is 7.85. The summed E-state index contributed by atoms with van der Waals surface area (Å²) in [6.07, 6.45) is 0. The van der Waals surface area contributed by atoms with Crippen molar-refractivity contribution in [2.75, 3.05) is 0 Å². The van der Waals surface area contributed by atoms with Crippen molar-refractivity contribution in [3.8, 4) is 33.8 Å². The van der Waals surface area contributed by atoms with E-state index >= 15 is 0 Å². The van der Waals surface area contributed by atoms with Crippen LogP contribution in [0.1, 0.15) is 0 Å². The molecule has 2 aromatic heterocycles. The van der Waals surface area contributed by atoms with Gasteiger partial charge in [-0.2, -0.15) is 0 Å². The Kier molecular flexibility index (Phi) is 4.33. The highest BCUT2D eigenvalue weighted by atomic mass is 32.1. The van der Waals surface area contributed by atoms with E-state index in [1.165, 1.54) is 21.2 Å². The van der Waals surface area contributed by atoms with Gasteiger partial charge in [-0.05, 0) is 17.2 Å². The van der Waals surface area contributed by atoms with Crippen molar-refractivity contribution in [1.29, 1.82) is 0 Å². The molecule has 31 heavy (non-hydrogen) atoms. The highest BCUT2D eigenvalue weighted by Gasteiger charge is 2.16. The number of fused-ring (bicyclic) bond motifs is 3. The van der Waals surface area contributed by atoms with Gasteiger partial charge in [-0.3, -0.25) is 0 Å². The molecule has 0 radical (unpaired) electrons. The van der Waals surface area contributed by atoms with Crippen LogP contribution in [0, 0.1) is 0 Å². The van der Waals surface area contributed by atoms with E-state index < -0.39 is 0 Å². The average molecular weight is 415 g/mol. The van der Waals surface area contributed by atoms with Crippen molar-refractivity contribution in [3.63, 3.8) is 0 Å². The highest BCUT2D eigenvalue weighted by molar-refractivity contribution is 7.25. The van der Waals surface area contributed by atoms with Crippen molar-refractivity contribution in [2.24, 2.45) is 0 Å². The third kappa shape index (κ3) is 3.20. The van der Waals surface area contributed by atoms with Crippen molar-refractivity contribution in [2.45, 2.75) is 0 Å². The SMILES string of the molecule is c1ccc(-c2ccc(-c3nc(-c4ccccc4)c4c(n3)sc3ccccc34)cc2)cc1. The van der Waals surface area contributed by atoms with Crippen LogP contribution >= 0.6 is 11.3 Å². The van der Waals surface area contributed by atoms with Gasteiger partial charge >= 0.3 is 0 Å². The fourth-order valence-electron chi connectivity index (χ4n) is 4.00. The summed E-state index contributed by atoms with van der Waals surface area (Å²) in [5.41, 5.74) is 5.53. The van der Waals surface area contributed by atoms with Crippen molar-refractivity contribution < 1.29 is 0 Å². The van der Waals surface area contributed by atoms with Crippen molar-refractivity contribution in [3.05, 3.63) is 109 Å². The van der Waals surface area contributed by atoms with Crippen LogP contribution in [0.5, 0.6) is 0 Å². The molecule has 6 aromatic rings. The standard InChI is InChI=1S/C28H18N2S/c1-3-9-19(10-4-1)20-15-17-22(18-16-20)27-29-26(21-11-5-2-6-12-21)25-23-13-7-8-14-24(23)31-28(25)30-27/h1-18H. The van der Waals surface area contributed by atoms with Crippen LogP contribution in [0.4, 0.5) is 0 Å². The molecule has 0 saturated carbocycles. The van der Waals surface area contributed by atoms with Gasteiger partial charge in [0.05, 0.1) is 5.69 Å². The first-order valence-corrected chi connectivity index (χ1v) is 11.1. The van der Waals surface area contributed by atoms with E-state index in [0.717, 1.165) is 32.9 Å². The zero-order chi connectivity index (χ0) is 20.6. The lowest BCUT2D eigenvalue weighted by molar-refractivity contribution is 1.24. The van der Waals surface area contributed by atoms with E-state index in [0.29, 0.717) is 0 Å². The lowest BCUT2D eigenvalue weighted by Crippen LogP contribution is -1.93. The van der Waals surface area contributed by atoms with Crippen LogP contribution in [-0.4, -0.2) is 9.97 Å². The number of aromatic nitrogens is 2. The smallest absolute Gasteiger partial charge is 0.161 e. The van der Waals surface area contributed by atoms with Gasteiger partial charge < -0.3 is 0 Å². The van der Waals surface area contributed by atoms with Crippen molar-refractivity contribution >= 4 is 31.6 Å². The molecule has 3 heteroatoms. The molecule has 2 nitrogen and oxygen atoms in total. The Hall–Kier alpha value is -3.82. The van der Waals surface area contributed by atoms with Crippen LogP contribution in [-0.2, 0) is 0 Å². The molecule has 4 aromatic carbocycles. The normalized spacial score (nSPS) is 11.2. The molecule has 2 heterocycles. The Morgan fingerprint density at radius 1 is 0.484 bits per heavy atom. The summed E-state index contributed by atoms with van der Waals surface area (Å²) in [6.45, 7) is 0. The molecular weight excluding hydrogens is 396 g/mol. The topological polar surface area (TPSA) is 25.8 Å². The largest absolute Gasteiger partial charge is 0.227 e. The van der Waals surface area contributed by atoms with Gasteiger partial charge in [-0.25, -0.2) is 9.97 Å². The lowest BCUT2D eigenvalue weighted by Gasteiger charge is -2.08. The Labute approximate surface area is 184 Å². The maximum Gasteiger partial charge on any atom is 0.161 e. The van der Waals surface area contributed by atoms with Crippen LogP contribution < -0.4 is 0 Å². The summed E-state index contributed by atoms with van der Waals surface area (Å²) in [4.78, 5) is 11.1. The zero-order valence-electron chi connectivity index (χ0n) is 16.7. The van der Waals surface area contributed by atoms with E-state index in [2.05, 4.69) is 97.1 Å². The first-order valence-electron chi connectivity index (χ1n) is 10.3. The number of nitrogens with zero attached hydrogens (tertiary/aromatic N) is 2. The maximum atomic E-state index is 5.06. The first-order chi connectivity index (χ1) is 15.4. The van der Waals surface area contributed by atoms with E-state index in [1.54, 1.807) is 11.3 Å². The second-order valence-electron chi connectivity index (χ2n) is 7.48. The molecular formula is C28H18N2S. The second kappa shape index (κ2) is 7.46. The molecule has 0 N–H and O–H groups in total. The van der Waals surface area contributed by atoms with E-state index in [-0.39, 0.29) is 0 Å². The third-order valence-electron chi connectivity index (χ3n) is 5.54.